The van der Waals surface area contributed by atoms with Crippen molar-refractivity contribution < 1.29 is 9.16 Å². The van der Waals surface area contributed by atoms with Crippen molar-refractivity contribution in [1.29, 1.82) is 0 Å². The number of benzene rings is 1. The maximum atomic E-state index is 6.09. The van der Waals surface area contributed by atoms with E-state index in [9.17, 15) is 0 Å². The van der Waals surface area contributed by atoms with Gasteiger partial charge < -0.3 is 9.16 Å². The Kier molecular flexibility index (Phi) is 3.05. The predicted molar refractivity (Wildman–Crippen MR) is 69.0 cm³/mol. The van der Waals surface area contributed by atoms with Crippen LogP contribution in [0.1, 0.15) is 12.0 Å². The zero-order chi connectivity index (χ0) is 11.6. The van der Waals surface area contributed by atoms with Crippen LogP contribution in [-0.4, -0.2) is 15.4 Å². The Morgan fingerprint density at radius 2 is 1.88 bits per heavy atom. The summed E-state index contributed by atoms with van der Waals surface area (Å²) in [5.41, 5.74) is 1.15. The fourth-order valence-electron chi connectivity index (χ4n) is 1.87. The summed E-state index contributed by atoms with van der Waals surface area (Å²) >= 11 is 0. The molecule has 2 rings (SSSR count). The number of rotatable bonds is 2. The molecule has 0 aliphatic carbocycles. The molecule has 0 amide bonds. The molecule has 1 aromatic carbocycles. The van der Waals surface area contributed by atoms with Gasteiger partial charge in [-0.05, 0) is 55.9 Å². The fourth-order valence-corrected chi connectivity index (χ4v) is 3.61. The molecule has 3 heteroatoms. The van der Waals surface area contributed by atoms with Crippen LogP contribution in [0.5, 0.6) is 5.75 Å². The molecule has 86 valence electrons. The first-order valence-electron chi connectivity index (χ1n) is 5.64. The average Bonchev–Trinajstić information content (AvgIpc) is 2.28. The van der Waals surface area contributed by atoms with Crippen LogP contribution in [0.15, 0.2) is 30.3 Å². The van der Waals surface area contributed by atoms with E-state index in [1.807, 2.05) is 12.1 Å². The largest absolute Gasteiger partial charge is 0.544 e. The molecular weight excluding hydrogens is 216 g/mol. The van der Waals surface area contributed by atoms with E-state index < -0.39 is 8.32 Å². The molecule has 16 heavy (non-hydrogen) atoms. The molecule has 1 heterocycles. The zero-order valence-corrected chi connectivity index (χ0v) is 11.1. The van der Waals surface area contributed by atoms with Crippen LogP contribution in [0.2, 0.25) is 19.1 Å². The maximum absolute atomic E-state index is 6.09. The molecule has 1 aromatic rings. The summed E-state index contributed by atoms with van der Waals surface area (Å²) in [6.07, 6.45) is 3.33. The van der Waals surface area contributed by atoms with E-state index in [4.69, 9.17) is 9.16 Å². The van der Waals surface area contributed by atoms with Crippen LogP contribution in [-0.2, 0) is 4.43 Å². The molecule has 0 aromatic heterocycles. The van der Waals surface area contributed by atoms with Gasteiger partial charge in [0.2, 0.25) is 8.32 Å². The standard InChI is InChI=1S/C13H18O2Si/c1-14-12-8-6-11(7-9-12)13-5-4-10-16(2,3)15-13/h5-9H,4,10H2,1-3H3. The molecule has 0 spiro atoms. The lowest BCUT2D eigenvalue weighted by atomic mass is 10.1. The second-order valence-corrected chi connectivity index (χ2v) is 8.92. The van der Waals surface area contributed by atoms with Gasteiger partial charge in [-0.2, -0.15) is 0 Å². The van der Waals surface area contributed by atoms with Gasteiger partial charge in [-0.25, -0.2) is 0 Å². The van der Waals surface area contributed by atoms with Crippen molar-refractivity contribution >= 4 is 14.1 Å². The summed E-state index contributed by atoms with van der Waals surface area (Å²) in [7, 11) is 0.224. The molecule has 0 saturated carbocycles. The first-order valence-corrected chi connectivity index (χ1v) is 8.76. The zero-order valence-electron chi connectivity index (χ0n) is 10.1. The van der Waals surface area contributed by atoms with Crippen molar-refractivity contribution in [3.8, 4) is 5.75 Å². The summed E-state index contributed by atoms with van der Waals surface area (Å²) in [5, 5.41) is 0. The van der Waals surface area contributed by atoms with Gasteiger partial charge in [0, 0.05) is 5.56 Å². The normalized spacial score (nSPS) is 18.6. The minimum Gasteiger partial charge on any atom is -0.544 e. The van der Waals surface area contributed by atoms with Gasteiger partial charge in [0.1, 0.15) is 11.5 Å². The van der Waals surface area contributed by atoms with Crippen molar-refractivity contribution in [3.63, 3.8) is 0 Å². The Balaban J connectivity index is 2.21. The molecule has 2 nitrogen and oxygen atoms in total. The van der Waals surface area contributed by atoms with E-state index in [1.54, 1.807) is 7.11 Å². The Morgan fingerprint density at radius 1 is 1.19 bits per heavy atom. The SMILES string of the molecule is COc1ccc(C2=CCC[Si](C)(C)O2)cc1. The lowest BCUT2D eigenvalue weighted by Crippen LogP contribution is -2.31. The van der Waals surface area contributed by atoms with Gasteiger partial charge >= 0.3 is 0 Å². The van der Waals surface area contributed by atoms with E-state index >= 15 is 0 Å². The van der Waals surface area contributed by atoms with E-state index in [-0.39, 0.29) is 0 Å². The number of hydrogen-bond donors (Lipinski definition) is 0. The van der Waals surface area contributed by atoms with Crippen LogP contribution in [0, 0.1) is 0 Å². The summed E-state index contributed by atoms with van der Waals surface area (Å²) in [4.78, 5) is 0. The van der Waals surface area contributed by atoms with Crippen LogP contribution >= 0.6 is 0 Å². The van der Waals surface area contributed by atoms with Gasteiger partial charge in [0.15, 0.2) is 0 Å². The van der Waals surface area contributed by atoms with Crippen LogP contribution in [0.25, 0.3) is 5.76 Å². The summed E-state index contributed by atoms with van der Waals surface area (Å²) in [5.74, 6) is 1.93. The minimum absolute atomic E-state index is 0.886. The van der Waals surface area contributed by atoms with Crippen molar-refractivity contribution in [1.82, 2.24) is 0 Å². The van der Waals surface area contributed by atoms with Gasteiger partial charge in [-0.3, -0.25) is 0 Å². The lowest BCUT2D eigenvalue weighted by molar-refractivity contribution is 0.414. The van der Waals surface area contributed by atoms with Crippen LogP contribution in [0.3, 0.4) is 0 Å². The Hall–Kier alpha value is -1.22. The smallest absolute Gasteiger partial charge is 0.245 e. The van der Waals surface area contributed by atoms with Crippen molar-refractivity contribution in [2.24, 2.45) is 0 Å². The van der Waals surface area contributed by atoms with Gasteiger partial charge in [-0.1, -0.05) is 0 Å². The minimum atomic E-state index is -1.46. The van der Waals surface area contributed by atoms with Crippen molar-refractivity contribution in [3.05, 3.63) is 35.9 Å². The molecular formula is C13H18O2Si. The molecule has 0 radical (unpaired) electrons. The molecule has 0 bridgehead atoms. The summed E-state index contributed by atoms with van der Waals surface area (Å²) in [6, 6.07) is 9.28. The predicted octanol–water partition coefficient (Wildman–Crippen LogP) is 3.66. The Morgan fingerprint density at radius 3 is 2.44 bits per heavy atom. The van der Waals surface area contributed by atoms with Gasteiger partial charge in [0.25, 0.3) is 0 Å². The highest BCUT2D eigenvalue weighted by atomic mass is 28.4. The van der Waals surface area contributed by atoms with Crippen LogP contribution in [0.4, 0.5) is 0 Å². The highest BCUT2D eigenvalue weighted by Gasteiger charge is 2.28. The van der Waals surface area contributed by atoms with E-state index in [2.05, 4.69) is 31.3 Å². The van der Waals surface area contributed by atoms with E-state index in [1.165, 1.54) is 6.04 Å². The number of ether oxygens (including phenoxy) is 1. The highest BCUT2D eigenvalue weighted by molar-refractivity contribution is 6.72. The molecule has 1 aliphatic heterocycles. The monoisotopic (exact) mass is 234 g/mol. The number of allylic oxidation sites excluding steroid dienone is 1. The van der Waals surface area contributed by atoms with Gasteiger partial charge in [-0.15, -0.1) is 0 Å². The lowest BCUT2D eigenvalue weighted by Gasteiger charge is -2.29. The second kappa shape index (κ2) is 4.34. The number of methoxy groups -OCH3 is 1. The van der Waals surface area contributed by atoms with Gasteiger partial charge in [0.05, 0.1) is 7.11 Å². The van der Waals surface area contributed by atoms with E-state index in [0.717, 1.165) is 23.5 Å². The quantitative estimate of drug-likeness (QED) is 0.727. The maximum Gasteiger partial charge on any atom is 0.245 e. The molecule has 0 unspecified atom stereocenters. The highest BCUT2D eigenvalue weighted by Crippen LogP contribution is 2.30. The summed E-state index contributed by atoms with van der Waals surface area (Å²) < 4.78 is 11.2. The number of hydrogen-bond acceptors (Lipinski definition) is 2. The summed E-state index contributed by atoms with van der Waals surface area (Å²) in [6.45, 7) is 4.53. The third kappa shape index (κ3) is 2.47. The first kappa shape index (κ1) is 11.3. The second-order valence-electron chi connectivity index (χ2n) is 4.70. The molecule has 0 atom stereocenters. The van der Waals surface area contributed by atoms with Crippen molar-refractivity contribution in [2.45, 2.75) is 25.6 Å². The van der Waals surface area contributed by atoms with E-state index in [0.29, 0.717) is 0 Å². The third-order valence-electron chi connectivity index (χ3n) is 2.84. The molecule has 1 aliphatic rings. The topological polar surface area (TPSA) is 18.5 Å². The van der Waals surface area contributed by atoms with Crippen LogP contribution < -0.4 is 4.74 Å². The first-order chi connectivity index (χ1) is 7.61. The average molecular weight is 234 g/mol. The molecule has 0 fully saturated rings. The Labute approximate surface area is 98.0 Å². The van der Waals surface area contributed by atoms with Crippen molar-refractivity contribution in [2.75, 3.05) is 7.11 Å². The fraction of sp³-hybridized carbons (Fsp3) is 0.385. The molecule has 0 saturated heterocycles. The Bertz CT molecular complexity index is 393. The third-order valence-corrected chi connectivity index (χ3v) is 5.10. The molecule has 0 N–H and O–H groups in total.